The molecule has 34 heavy (non-hydrogen) atoms. The molecule has 0 aliphatic carbocycles. The largest absolute Gasteiger partial charge is 0.447 e. The van der Waals surface area contributed by atoms with Gasteiger partial charge in [-0.3, -0.25) is 9.69 Å². The minimum absolute atomic E-state index is 0.00368. The molecule has 2 aliphatic heterocycles. The number of likely N-dealkylation sites (tertiary alicyclic amines) is 1. The molecule has 2 fully saturated rings. The molecule has 2 aromatic carbocycles. The number of fused-ring (bicyclic) bond motifs is 1. The molecule has 2 saturated heterocycles. The zero-order valence-electron chi connectivity index (χ0n) is 18.4. The highest BCUT2D eigenvalue weighted by Crippen LogP contribution is 2.27. The number of hydrogen-bond donors (Lipinski definition) is 1. The van der Waals surface area contributed by atoms with Gasteiger partial charge in [-0.15, -0.1) is 0 Å². The summed E-state index contributed by atoms with van der Waals surface area (Å²) in [4.78, 5) is 35.8. The van der Waals surface area contributed by atoms with Crippen molar-refractivity contribution in [3.63, 3.8) is 0 Å². The van der Waals surface area contributed by atoms with Crippen molar-refractivity contribution in [1.82, 2.24) is 19.8 Å². The zero-order valence-corrected chi connectivity index (χ0v) is 19.2. The number of rotatable bonds is 6. The van der Waals surface area contributed by atoms with Crippen LogP contribution in [-0.4, -0.2) is 69.3 Å². The van der Waals surface area contributed by atoms with E-state index in [0.29, 0.717) is 37.7 Å². The van der Waals surface area contributed by atoms with Crippen LogP contribution in [0.25, 0.3) is 11.0 Å². The van der Waals surface area contributed by atoms with E-state index in [9.17, 15) is 18.4 Å². The molecule has 1 atom stereocenters. The summed E-state index contributed by atoms with van der Waals surface area (Å²) in [7, 11) is 0. The maximum Gasteiger partial charge on any atom is 0.410 e. The summed E-state index contributed by atoms with van der Waals surface area (Å²) in [5, 5.41) is 0.367. The second-order valence-corrected chi connectivity index (χ2v) is 9.52. The van der Waals surface area contributed by atoms with Gasteiger partial charge in [0.05, 0.1) is 17.3 Å². The van der Waals surface area contributed by atoms with Gasteiger partial charge in [-0.05, 0) is 30.9 Å². The highest BCUT2D eigenvalue weighted by molar-refractivity contribution is 7.99. The van der Waals surface area contributed by atoms with E-state index in [4.69, 9.17) is 4.74 Å². The third kappa shape index (κ3) is 4.72. The minimum atomic E-state index is -0.738. The molecule has 1 unspecified atom stereocenters. The van der Waals surface area contributed by atoms with Gasteiger partial charge in [-0.2, -0.15) is 0 Å². The molecule has 0 saturated carbocycles. The fourth-order valence-electron chi connectivity index (χ4n) is 4.66. The number of amides is 2. The molecule has 2 amide bonds. The first-order valence-corrected chi connectivity index (χ1v) is 12.2. The third-order valence-corrected chi connectivity index (χ3v) is 7.20. The second-order valence-electron chi connectivity index (χ2n) is 8.55. The van der Waals surface area contributed by atoms with Crippen LogP contribution in [0.2, 0.25) is 0 Å². The number of carbonyl (C=O) groups excluding carboxylic acids is 2. The maximum absolute atomic E-state index is 13.8. The number of aromatic amines is 1. The van der Waals surface area contributed by atoms with Crippen LogP contribution >= 0.6 is 11.8 Å². The van der Waals surface area contributed by atoms with Gasteiger partial charge in [0.15, 0.2) is 11.0 Å². The van der Waals surface area contributed by atoms with Crippen LogP contribution in [0.5, 0.6) is 0 Å². The third-order valence-electron chi connectivity index (χ3n) is 6.34. The number of H-pyrrole nitrogens is 1. The molecule has 0 spiro atoms. The molecule has 0 bridgehead atoms. The first kappa shape index (κ1) is 22.6. The lowest BCUT2D eigenvalue weighted by Gasteiger charge is -2.37. The lowest BCUT2D eigenvalue weighted by Crippen LogP contribution is -2.50. The van der Waals surface area contributed by atoms with Gasteiger partial charge >= 0.3 is 6.09 Å². The molecule has 3 aromatic rings. The van der Waals surface area contributed by atoms with Crippen molar-refractivity contribution in [2.24, 2.45) is 0 Å². The van der Waals surface area contributed by atoms with E-state index in [0.717, 1.165) is 29.8 Å². The summed E-state index contributed by atoms with van der Waals surface area (Å²) in [6.07, 6.45) is 1.83. The van der Waals surface area contributed by atoms with E-state index in [-0.39, 0.29) is 40.9 Å². The number of thioether (sulfide) groups is 1. The molecule has 178 valence electrons. The van der Waals surface area contributed by atoms with Crippen molar-refractivity contribution in [2.75, 3.05) is 25.4 Å². The number of nitrogens with zero attached hydrogens (tertiary/aromatic N) is 3. The first-order chi connectivity index (χ1) is 16.5. The first-order valence-electron chi connectivity index (χ1n) is 11.2. The van der Waals surface area contributed by atoms with Gasteiger partial charge in [0.25, 0.3) is 0 Å². The van der Waals surface area contributed by atoms with Crippen LogP contribution in [0, 0.1) is 11.6 Å². The Balaban J connectivity index is 1.15. The van der Waals surface area contributed by atoms with Gasteiger partial charge in [-0.1, -0.05) is 42.1 Å². The van der Waals surface area contributed by atoms with Gasteiger partial charge in [0, 0.05) is 25.2 Å². The number of nitrogens with one attached hydrogen (secondary N) is 1. The predicted molar refractivity (Wildman–Crippen MR) is 123 cm³/mol. The van der Waals surface area contributed by atoms with E-state index in [1.54, 1.807) is 4.90 Å². The van der Waals surface area contributed by atoms with Crippen molar-refractivity contribution in [3.8, 4) is 0 Å². The number of aromatic nitrogens is 2. The number of imidazole rings is 1. The summed E-state index contributed by atoms with van der Waals surface area (Å²) < 4.78 is 32.6. The number of piperidine rings is 1. The summed E-state index contributed by atoms with van der Waals surface area (Å²) in [5.41, 5.74) is 1.48. The maximum atomic E-state index is 13.8. The summed E-state index contributed by atoms with van der Waals surface area (Å²) in [5.74, 6) is -1.34. The SMILES string of the molecule is O=C(CSc1nc2c(F)cc(F)cc2[nH]1)N1CCC(N2C(=O)OCC2Cc2ccccc2)CC1. The van der Waals surface area contributed by atoms with E-state index in [1.165, 1.54) is 6.07 Å². The summed E-state index contributed by atoms with van der Waals surface area (Å²) in [6.45, 7) is 1.48. The highest BCUT2D eigenvalue weighted by Gasteiger charge is 2.39. The molecule has 10 heteroatoms. The smallest absolute Gasteiger partial charge is 0.410 e. The molecule has 1 N–H and O–H groups in total. The molecular formula is C24H24F2N4O3S. The Morgan fingerprint density at radius 3 is 2.71 bits per heavy atom. The predicted octanol–water partition coefficient (Wildman–Crippen LogP) is 3.99. The lowest BCUT2D eigenvalue weighted by atomic mass is 9.99. The van der Waals surface area contributed by atoms with Gasteiger partial charge in [0.1, 0.15) is 17.9 Å². The van der Waals surface area contributed by atoms with E-state index in [1.807, 2.05) is 35.2 Å². The molecule has 3 heterocycles. The number of hydrogen-bond acceptors (Lipinski definition) is 5. The number of cyclic esters (lactones) is 1. The molecule has 5 rings (SSSR count). The minimum Gasteiger partial charge on any atom is -0.447 e. The number of benzene rings is 2. The monoisotopic (exact) mass is 486 g/mol. The van der Waals surface area contributed by atoms with Crippen molar-refractivity contribution in [3.05, 3.63) is 59.7 Å². The standard InChI is InChI=1S/C24H24F2N4O3S/c25-16-11-19(26)22-20(12-16)27-23(28-22)34-14-21(31)29-8-6-17(7-9-29)30-18(13-33-24(30)32)10-15-4-2-1-3-5-15/h1-5,11-12,17-18H,6-10,13-14H2,(H,27,28). The molecule has 7 nitrogen and oxygen atoms in total. The molecule has 2 aliphatic rings. The fourth-order valence-corrected chi connectivity index (χ4v) is 5.45. The Bertz CT molecular complexity index is 1200. The van der Waals surface area contributed by atoms with Crippen LogP contribution in [0.3, 0.4) is 0 Å². The van der Waals surface area contributed by atoms with Gasteiger partial charge in [-0.25, -0.2) is 18.6 Å². The average Bonchev–Trinajstić information content (AvgIpc) is 3.41. The lowest BCUT2D eigenvalue weighted by molar-refractivity contribution is -0.129. The average molecular weight is 487 g/mol. The highest BCUT2D eigenvalue weighted by atomic mass is 32.2. The Morgan fingerprint density at radius 2 is 1.94 bits per heavy atom. The number of ether oxygens (including phenoxy) is 1. The Labute approximate surface area is 199 Å². The van der Waals surface area contributed by atoms with Gasteiger partial charge < -0.3 is 14.6 Å². The van der Waals surface area contributed by atoms with Crippen molar-refractivity contribution in [1.29, 1.82) is 0 Å². The molecule has 0 radical (unpaired) electrons. The Hall–Kier alpha value is -3.14. The second kappa shape index (κ2) is 9.61. The van der Waals surface area contributed by atoms with Crippen molar-refractivity contribution < 1.29 is 23.1 Å². The summed E-state index contributed by atoms with van der Waals surface area (Å²) in [6, 6.07) is 12.0. The summed E-state index contributed by atoms with van der Waals surface area (Å²) >= 11 is 1.16. The zero-order chi connectivity index (χ0) is 23.7. The molecule has 1 aromatic heterocycles. The fraction of sp³-hybridized carbons (Fsp3) is 0.375. The number of halogens is 2. The Kier molecular flexibility index (Phi) is 6.40. The van der Waals surface area contributed by atoms with Crippen molar-refractivity contribution in [2.45, 2.75) is 36.5 Å². The topological polar surface area (TPSA) is 78.5 Å². The van der Waals surface area contributed by atoms with Crippen LogP contribution in [0.4, 0.5) is 13.6 Å². The normalized spacial score (nSPS) is 19.1. The van der Waals surface area contributed by atoms with E-state index < -0.39 is 11.6 Å². The number of carbonyl (C=O) groups is 2. The van der Waals surface area contributed by atoms with Crippen molar-refractivity contribution >= 4 is 34.8 Å². The van der Waals surface area contributed by atoms with Crippen LogP contribution in [-0.2, 0) is 16.0 Å². The molecular weight excluding hydrogens is 462 g/mol. The van der Waals surface area contributed by atoms with E-state index in [2.05, 4.69) is 9.97 Å². The van der Waals surface area contributed by atoms with E-state index >= 15 is 0 Å². The Morgan fingerprint density at radius 1 is 1.18 bits per heavy atom. The van der Waals surface area contributed by atoms with Crippen LogP contribution in [0.15, 0.2) is 47.6 Å². The van der Waals surface area contributed by atoms with Gasteiger partial charge in [0.2, 0.25) is 5.91 Å². The van der Waals surface area contributed by atoms with Crippen LogP contribution in [0.1, 0.15) is 18.4 Å². The van der Waals surface area contributed by atoms with Crippen LogP contribution < -0.4 is 0 Å². The quantitative estimate of drug-likeness (QED) is 0.533.